The minimum Gasteiger partial charge on any atom is -0.481 e. The molecule has 0 fully saturated rings. The van der Waals surface area contributed by atoms with Crippen LogP contribution in [0.15, 0.2) is 24.3 Å². The Morgan fingerprint density at radius 2 is 1.85 bits per heavy atom. The van der Waals surface area contributed by atoms with E-state index in [1.807, 2.05) is 25.2 Å². The van der Waals surface area contributed by atoms with E-state index in [0.717, 1.165) is 32.1 Å². The first-order valence-electron chi connectivity index (χ1n) is 10.8. The van der Waals surface area contributed by atoms with Gasteiger partial charge in [0.25, 0.3) is 0 Å². The molecular weight excluding hydrogens is 340 g/mol. The Morgan fingerprint density at radius 1 is 1.11 bits per heavy atom. The molecule has 1 aliphatic rings. The molecule has 1 unspecified atom stereocenters. The van der Waals surface area contributed by atoms with Crippen LogP contribution in [0.1, 0.15) is 90.9 Å². The monoisotopic (exact) mass is 378 g/mol. The molecule has 2 N–H and O–H groups in total. The Hall–Kier alpha value is -1.42. The quantitative estimate of drug-likeness (QED) is 0.293. The standard InChI is InChI=1S/C23H38O4/c1-3-5-6-10-13-18-23(27,4-2)20-16-17-21(24)19(20)14-11-8-7-9-12-15-22(25)26/h8,11,16-17,19-20,27H,3-7,9-10,12-15,18H2,1-2H3,(H,25,26)/t19-,20+,23?/m1/s1. The number of hydrogen-bond acceptors (Lipinski definition) is 3. The molecular formula is C23H38O4. The van der Waals surface area contributed by atoms with Crippen LogP contribution >= 0.6 is 0 Å². The lowest BCUT2D eigenvalue weighted by atomic mass is 9.74. The summed E-state index contributed by atoms with van der Waals surface area (Å²) in [5, 5.41) is 19.8. The van der Waals surface area contributed by atoms with Crippen molar-refractivity contribution in [3.63, 3.8) is 0 Å². The summed E-state index contributed by atoms with van der Waals surface area (Å²) >= 11 is 0. The lowest BCUT2D eigenvalue weighted by Crippen LogP contribution is -2.40. The van der Waals surface area contributed by atoms with E-state index in [4.69, 9.17) is 5.11 Å². The van der Waals surface area contributed by atoms with E-state index in [0.29, 0.717) is 19.3 Å². The summed E-state index contributed by atoms with van der Waals surface area (Å²) in [5.41, 5.74) is -0.797. The highest BCUT2D eigenvalue weighted by Crippen LogP contribution is 2.39. The van der Waals surface area contributed by atoms with Gasteiger partial charge in [0.1, 0.15) is 0 Å². The van der Waals surface area contributed by atoms with Gasteiger partial charge in [-0.05, 0) is 44.6 Å². The van der Waals surface area contributed by atoms with Gasteiger partial charge >= 0.3 is 5.97 Å². The Balaban J connectivity index is 2.50. The van der Waals surface area contributed by atoms with Crippen LogP contribution in [-0.2, 0) is 9.59 Å². The largest absolute Gasteiger partial charge is 0.481 e. The molecule has 1 aliphatic carbocycles. The SMILES string of the molecule is CCCCCCCC(O)(CC)[C@H]1C=CC(=O)[C@@H]1CC=CCCCCC(=O)O. The van der Waals surface area contributed by atoms with Gasteiger partial charge in [0.15, 0.2) is 5.78 Å². The summed E-state index contributed by atoms with van der Waals surface area (Å²) in [6, 6.07) is 0. The minimum absolute atomic E-state index is 0.0992. The first kappa shape index (κ1) is 23.6. The molecule has 0 bridgehead atoms. The lowest BCUT2D eigenvalue weighted by molar-refractivity contribution is -0.137. The van der Waals surface area contributed by atoms with Gasteiger partial charge in [-0.25, -0.2) is 0 Å². The van der Waals surface area contributed by atoms with Gasteiger partial charge < -0.3 is 10.2 Å². The van der Waals surface area contributed by atoms with Gasteiger partial charge in [0.2, 0.25) is 0 Å². The Labute approximate surface area is 164 Å². The zero-order valence-corrected chi connectivity index (χ0v) is 17.2. The third-order valence-electron chi connectivity index (χ3n) is 5.78. The number of rotatable bonds is 15. The zero-order chi connectivity index (χ0) is 20.1. The van der Waals surface area contributed by atoms with Crippen LogP contribution in [0.2, 0.25) is 0 Å². The first-order chi connectivity index (χ1) is 12.9. The van der Waals surface area contributed by atoms with Crippen LogP contribution in [-0.4, -0.2) is 27.6 Å². The maximum Gasteiger partial charge on any atom is 0.303 e. The Kier molecular flexibility index (Phi) is 11.3. The number of carboxylic acid groups (broad SMARTS) is 1. The van der Waals surface area contributed by atoms with Crippen LogP contribution in [0.25, 0.3) is 0 Å². The van der Waals surface area contributed by atoms with Crippen LogP contribution in [0, 0.1) is 11.8 Å². The number of carboxylic acids is 1. The number of ketones is 1. The van der Waals surface area contributed by atoms with Gasteiger partial charge in [-0.15, -0.1) is 0 Å². The molecule has 0 saturated heterocycles. The average molecular weight is 379 g/mol. The number of carbonyl (C=O) groups is 2. The first-order valence-corrected chi connectivity index (χ1v) is 10.8. The normalized spacial score (nSPS) is 21.8. The zero-order valence-electron chi connectivity index (χ0n) is 17.2. The maximum atomic E-state index is 12.3. The molecule has 0 saturated carbocycles. The van der Waals surface area contributed by atoms with Gasteiger partial charge in [0, 0.05) is 18.3 Å². The molecule has 154 valence electrons. The second kappa shape index (κ2) is 12.9. The second-order valence-corrected chi connectivity index (χ2v) is 7.86. The highest BCUT2D eigenvalue weighted by Gasteiger charge is 2.42. The molecule has 0 spiro atoms. The summed E-state index contributed by atoms with van der Waals surface area (Å²) in [4.78, 5) is 22.8. The third-order valence-corrected chi connectivity index (χ3v) is 5.78. The Morgan fingerprint density at radius 3 is 2.52 bits per heavy atom. The highest BCUT2D eigenvalue weighted by molar-refractivity contribution is 5.94. The van der Waals surface area contributed by atoms with Crippen molar-refractivity contribution in [1.29, 1.82) is 0 Å². The number of unbranched alkanes of at least 4 members (excludes halogenated alkanes) is 6. The van der Waals surface area contributed by atoms with E-state index in [-0.39, 0.29) is 24.0 Å². The molecule has 0 aliphatic heterocycles. The summed E-state index contributed by atoms with van der Waals surface area (Å²) in [6.45, 7) is 4.21. The molecule has 27 heavy (non-hydrogen) atoms. The van der Waals surface area contributed by atoms with Gasteiger partial charge in [-0.3, -0.25) is 9.59 Å². The molecule has 0 radical (unpaired) electrons. The smallest absolute Gasteiger partial charge is 0.303 e. The summed E-state index contributed by atoms with van der Waals surface area (Å²) < 4.78 is 0. The topological polar surface area (TPSA) is 74.6 Å². The van der Waals surface area contributed by atoms with Crippen molar-refractivity contribution in [3.8, 4) is 0 Å². The van der Waals surface area contributed by atoms with Crippen molar-refractivity contribution in [2.24, 2.45) is 11.8 Å². The van der Waals surface area contributed by atoms with Crippen LogP contribution in [0.3, 0.4) is 0 Å². The van der Waals surface area contributed by atoms with Crippen molar-refractivity contribution in [2.75, 3.05) is 0 Å². The van der Waals surface area contributed by atoms with Crippen LogP contribution in [0.5, 0.6) is 0 Å². The van der Waals surface area contributed by atoms with E-state index in [1.165, 1.54) is 19.3 Å². The molecule has 0 aromatic heterocycles. The molecule has 4 heteroatoms. The van der Waals surface area contributed by atoms with Gasteiger partial charge in [0.05, 0.1) is 5.60 Å². The third kappa shape index (κ3) is 8.42. The number of aliphatic hydroxyl groups is 1. The van der Waals surface area contributed by atoms with Crippen molar-refractivity contribution in [3.05, 3.63) is 24.3 Å². The lowest BCUT2D eigenvalue weighted by Gasteiger charge is -2.35. The fourth-order valence-corrected chi connectivity index (χ4v) is 3.96. The molecule has 0 aromatic rings. The predicted molar refractivity (Wildman–Crippen MR) is 110 cm³/mol. The molecule has 1 rings (SSSR count). The van der Waals surface area contributed by atoms with Crippen molar-refractivity contribution in [1.82, 2.24) is 0 Å². The van der Waals surface area contributed by atoms with E-state index >= 15 is 0 Å². The molecule has 0 aromatic carbocycles. The maximum absolute atomic E-state index is 12.3. The van der Waals surface area contributed by atoms with Crippen molar-refractivity contribution >= 4 is 11.8 Å². The number of allylic oxidation sites excluding steroid dienone is 3. The fourth-order valence-electron chi connectivity index (χ4n) is 3.96. The molecule has 0 amide bonds. The van der Waals surface area contributed by atoms with E-state index in [1.54, 1.807) is 6.08 Å². The van der Waals surface area contributed by atoms with E-state index < -0.39 is 11.6 Å². The van der Waals surface area contributed by atoms with Crippen LogP contribution in [0.4, 0.5) is 0 Å². The number of hydrogen-bond donors (Lipinski definition) is 2. The minimum atomic E-state index is -0.797. The van der Waals surface area contributed by atoms with E-state index in [2.05, 4.69) is 6.92 Å². The Bertz CT molecular complexity index is 509. The van der Waals surface area contributed by atoms with Crippen LogP contribution < -0.4 is 0 Å². The average Bonchev–Trinajstić information content (AvgIpc) is 3.01. The highest BCUT2D eigenvalue weighted by atomic mass is 16.4. The summed E-state index contributed by atoms with van der Waals surface area (Å²) in [7, 11) is 0. The molecule has 3 atom stereocenters. The fraction of sp³-hybridized carbons (Fsp3) is 0.739. The van der Waals surface area contributed by atoms with E-state index in [9.17, 15) is 14.7 Å². The van der Waals surface area contributed by atoms with Gasteiger partial charge in [-0.2, -0.15) is 0 Å². The predicted octanol–water partition coefficient (Wildman–Crippen LogP) is 5.45. The summed E-state index contributed by atoms with van der Waals surface area (Å²) in [5.74, 6) is -0.898. The van der Waals surface area contributed by atoms with Gasteiger partial charge in [-0.1, -0.05) is 64.2 Å². The summed E-state index contributed by atoms with van der Waals surface area (Å²) in [6.07, 6.45) is 18.1. The second-order valence-electron chi connectivity index (χ2n) is 7.86. The number of aliphatic carboxylic acids is 1. The molecule has 4 nitrogen and oxygen atoms in total. The van der Waals surface area contributed by atoms with Crippen molar-refractivity contribution in [2.45, 2.75) is 96.5 Å². The molecule has 0 heterocycles. The van der Waals surface area contributed by atoms with Crippen molar-refractivity contribution < 1.29 is 19.8 Å². The number of carbonyl (C=O) groups excluding carboxylic acids is 1.